The summed E-state index contributed by atoms with van der Waals surface area (Å²) in [6.07, 6.45) is 2.94. The Balaban J connectivity index is 1.86. The van der Waals surface area contributed by atoms with E-state index in [2.05, 4.69) is 32.1 Å². The molecule has 2 aromatic rings. The van der Waals surface area contributed by atoms with Crippen LogP contribution in [-0.4, -0.2) is 36.7 Å². The Bertz CT molecular complexity index is 636. The number of hydrogen-bond acceptors (Lipinski definition) is 6. The molecule has 9 heteroatoms. The normalized spacial score (nSPS) is 11.9. The van der Waals surface area contributed by atoms with Gasteiger partial charge in [-0.2, -0.15) is 5.10 Å². The van der Waals surface area contributed by atoms with Gasteiger partial charge in [-0.3, -0.25) is 5.10 Å². The smallest absolute Gasteiger partial charge is 0.250 e. The quantitative estimate of drug-likeness (QED) is 0.593. The summed E-state index contributed by atoms with van der Waals surface area (Å²) < 4.78 is 27.2. The highest BCUT2D eigenvalue weighted by molar-refractivity contribution is 7.91. The zero-order valence-corrected chi connectivity index (χ0v) is 13.4. The fraction of sp³-hybridized carbons (Fsp3) is 0.500. The molecule has 21 heavy (non-hydrogen) atoms. The number of nitrogens with one attached hydrogen (secondary N) is 3. The minimum atomic E-state index is -3.44. The van der Waals surface area contributed by atoms with Crippen molar-refractivity contribution in [2.45, 2.75) is 30.5 Å². The van der Waals surface area contributed by atoms with Crippen LogP contribution in [0.3, 0.4) is 0 Å². The first-order valence-electron chi connectivity index (χ1n) is 6.74. The van der Waals surface area contributed by atoms with Crippen molar-refractivity contribution in [1.82, 2.24) is 25.2 Å². The second-order valence-corrected chi connectivity index (χ2v) is 7.44. The summed E-state index contributed by atoms with van der Waals surface area (Å²) >= 11 is 1.24. The Morgan fingerprint density at radius 3 is 2.95 bits per heavy atom. The molecule has 0 aliphatic rings. The van der Waals surface area contributed by atoms with Crippen molar-refractivity contribution in [3.05, 3.63) is 29.2 Å². The zero-order chi connectivity index (χ0) is 15.1. The lowest BCUT2D eigenvalue weighted by molar-refractivity contribution is 0.583. The first-order valence-corrected chi connectivity index (χ1v) is 9.10. The summed E-state index contributed by atoms with van der Waals surface area (Å²) in [5.41, 5.74) is 0.990. The fourth-order valence-electron chi connectivity index (χ4n) is 1.72. The summed E-state index contributed by atoms with van der Waals surface area (Å²) in [7, 11) is -3.44. The zero-order valence-electron chi connectivity index (χ0n) is 11.8. The number of nitrogens with zero attached hydrogens (tertiary/aromatic N) is 2. The molecule has 0 spiro atoms. The number of rotatable bonds is 9. The highest BCUT2D eigenvalue weighted by Crippen LogP contribution is 2.19. The first kappa shape index (κ1) is 16.1. The van der Waals surface area contributed by atoms with Gasteiger partial charge in [0, 0.05) is 19.5 Å². The van der Waals surface area contributed by atoms with Crippen LogP contribution in [0.2, 0.25) is 0 Å². The lowest BCUT2D eigenvalue weighted by Crippen LogP contribution is -2.25. The van der Waals surface area contributed by atoms with E-state index < -0.39 is 10.0 Å². The second kappa shape index (κ2) is 7.64. The highest BCUT2D eigenvalue weighted by atomic mass is 32.2. The van der Waals surface area contributed by atoms with Gasteiger partial charge in [-0.25, -0.2) is 18.1 Å². The van der Waals surface area contributed by atoms with Crippen molar-refractivity contribution >= 4 is 21.4 Å². The third-order valence-corrected chi connectivity index (χ3v) is 5.72. The van der Waals surface area contributed by atoms with Gasteiger partial charge in [-0.15, -0.1) is 11.3 Å². The van der Waals surface area contributed by atoms with E-state index in [1.54, 1.807) is 6.07 Å². The van der Waals surface area contributed by atoms with Gasteiger partial charge in [0.05, 0.1) is 0 Å². The Morgan fingerprint density at radius 2 is 2.24 bits per heavy atom. The summed E-state index contributed by atoms with van der Waals surface area (Å²) in [5, 5.41) is 11.5. The van der Waals surface area contributed by atoms with Crippen LogP contribution in [0.1, 0.15) is 24.7 Å². The highest BCUT2D eigenvalue weighted by Gasteiger charge is 2.16. The van der Waals surface area contributed by atoms with Crippen LogP contribution in [0, 0.1) is 0 Å². The van der Waals surface area contributed by atoms with Crippen LogP contribution in [0.25, 0.3) is 0 Å². The predicted molar refractivity (Wildman–Crippen MR) is 81.6 cm³/mol. The molecular weight excluding hydrogens is 310 g/mol. The summed E-state index contributed by atoms with van der Waals surface area (Å²) in [5.74, 6) is 0.660. The van der Waals surface area contributed by atoms with E-state index in [1.807, 2.05) is 5.38 Å². The monoisotopic (exact) mass is 329 g/mol. The molecule has 2 heterocycles. The van der Waals surface area contributed by atoms with Gasteiger partial charge in [0.1, 0.15) is 16.4 Å². The van der Waals surface area contributed by atoms with Crippen molar-refractivity contribution in [3.8, 4) is 0 Å². The molecule has 116 valence electrons. The molecule has 0 fully saturated rings. The van der Waals surface area contributed by atoms with Crippen LogP contribution in [0.4, 0.5) is 0 Å². The Kier molecular flexibility index (Phi) is 5.85. The molecule has 0 atom stereocenters. The van der Waals surface area contributed by atoms with E-state index in [0.29, 0.717) is 29.5 Å². The minimum Gasteiger partial charge on any atom is -0.313 e. The standard InChI is InChI=1S/C12H19N5O2S2/c1-2-4-13-7-10-6-12(20-8-10)21(18,19)16-5-3-11-14-9-15-17-11/h6,8-9,13,16H,2-5,7H2,1H3,(H,14,15,17). The molecule has 0 radical (unpaired) electrons. The maximum absolute atomic E-state index is 12.1. The second-order valence-electron chi connectivity index (χ2n) is 4.53. The molecule has 2 aromatic heterocycles. The molecule has 2 rings (SSSR count). The average Bonchev–Trinajstić information content (AvgIpc) is 3.10. The first-order chi connectivity index (χ1) is 10.1. The molecule has 7 nitrogen and oxygen atoms in total. The number of sulfonamides is 1. The van der Waals surface area contributed by atoms with Crippen LogP contribution in [0.15, 0.2) is 22.0 Å². The van der Waals surface area contributed by atoms with Crippen LogP contribution in [0.5, 0.6) is 0 Å². The van der Waals surface area contributed by atoms with Gasteiger partial charge in [0.25, 0.3) is 0 Å². The predicted octanol–water partition coefficient (Wildman–Crippen LogP) is 0.887. The molecule has 0 saturated carbocycles. The molecule has 0 unspecified atom stereocenters. The van der Waals surface area contributed by atoms with Crippen molar-refractivity contribution in [3.63, 3.8) is 0 Å². The van der Waals surface area contributed by atoms with Crippen molar-refractivity contribution in [2.24, 2.45) is 0 Å². The molecule has 0 bridgehead atoms. The minimum absolute atomic E-state index is 0.291. The van der Waals surface area contributed by atoms with Gasteiger partial charge >= 0.3 is 0 Å². The van der Waals surface area contributed by atoms with E-state index in [0.717, 1.165) is 18.5 Å². The maximum atomic E-state index is 12.1. The van der Waals surface area contributed by atoms with E-state index in [1.165, 1.54) is 17.7 Å². The molecule has 0 aliphatic heterocycles. The third kappa shape index (κ3) is 4.88. The molecule has 0 saturated heterocycles. The lowest BCUT2D eigenvalue weighted by atomic mass is 10.3. The molecule has 3 N–H and O–H groups in total. The van der Waals surface area contributed by atoms with Crippen LogP contribution < -0.4 is 10.0 Å². The Hall–Kier alpha value is -1.29. The van der Waals surface area contributed by atoms with Crippen molar-refractivity contribution in [2.75, 3.05) is 13.1 Å². The van der Waals surface area contributed by atoms with Gasteiger partial charge in [0.15, 0.2) is 0 Å². The Morgan fingerprint density at radius 1 is 1.38 bits per heavy atom. The average molecular weight is 329 g/mol. The van der Waals surface area contributed by atoms with Gasteiger partial charge in [-0.05, 0) is 30.0 Å². The molecule has 0 aliphatic carbocycles. The number of aromatic amines is 1. The largest absolute Gasteiger partial charge is 0.313 e. The van der Waals surface area contributed by atoms with Crippen molar-refractivity contribution < 1.29 is 8.42 Å². The van der Waals surface area contributed by atoms with Gasteiger partial charge in [0.2, 0.25) is 10.0 Å². The van der Waals surface area contributed by atoms with E-state index >= 15 is 0 Å². The third-order valence-electron chi connectivity index (χ3n) is 2.77. The Labute approximate surface area is 128 Å². The van der Waals surface area contributed by atoms with Gasteiger partial charge < -0.3 is 5.32 Å². The topological polar surface area (TPSA) is 99.8 Å². The number of aromatic nitrogens is 3. The summed E-state index contributed by atoms with van der Waals surface area (Å²) in [6, 6.07) is 1.71. The maximum Gasteiger partial charge on any atom is 0.250 e. The lowest BCUT2D eigenvalue weighted by Gasteiger charge is -2.03. The summed E-state index contributed by atoms with van der Waals surface area (Å²) in [4.78, 5) is 3.95. The van der Waals surface area contributed by atoms with Crippen LogP contribution >= 0.6 is 11.3 Å². The van der Waals surface area contributed by atoms with E-state index in [-0.39, 0.29) is 0 Å². The number of H-pyrrole nitrogens is 1. The molecule has 0 aromatic carbocycles. The number of thiophene rings is 1. The van der Waals surface area contributed by atoms with E-state index in [9.17, 15) is 8.42 Å². The number of hydrogen-bond donors (Lipinski definition) is 3. The van der Waals surface area contributed by atoms with Crippen molar-refractivity contribution in [1.29, 1.82) is 0 Å². The van der Waals surface area contributed by atoms with Gasteiger partial charge in [-0.1, -0.05) is 6.92 Å². The fourth-order valence-corrected chi connectivity index (χ4v) is 4.01. The SMILES string of the molecule is CCCNCc1csc(S(=O)(=O)NCCc2ncn[nH]2)c1. The molecule has 0 amide bonds. The molecular formula is C12H19N5O2S2. The summed E-state index contributed by atoms with van der Waals surface area (Å²) in [6.45, 7) is 4.00. The van der Waals surface area contributed by atoms with Crippen LogP contribution in [-0.2, 0) is 23.0 Å². The van der Waals surface area contributed by atoms with E-state index in [4.69, 9.17) is 0 Å².